The number of carbonyl (C=O) groups is 1. The third-order valence-electron chi connectivity index (χ3n) is 3.28. The fourth-order valence-electron chi connectivity index (χ4n) is 2.02. The van der Waals surface area contributed by atoms with Gasteiger partial charge in [0.1, 0.15) is 5.75 Å². The van der Waals surface area contributed by atoms with Crippen LogP contribution in [0.15, 0.2) is 30.3 Å². The molecule has 0 aliphatic rings. The Balaban J connectivity index is 2.05. The number of nitrogens with one attached hydrogen (secondary N) is 1. The van der Waals surface area contributed by atoms with Crippen LogP contribution < -0.4 is 5.32 Å². The van der Waals surface area contributed by atoms with Crippen LogP contribution in [0.1, 0.15) is 18.3 Å². The van der Waals surface area contributed by atoms with Gasteiger partial charge in [-0.05, 0) is 25.1 Å². The number of phenols is 1. The van der Waals surface area contributed by atoms with Crippen molar-refractivity contribution in [2.45, 2.75) is 26.6 Å². The topological polar surface area (TPSA) is 67.2 Å². The highest BCUT2D eigenvalue weighted by molar-refractivity contribution is 5.92. The smallest absolute Gasteiger partial charge is 0.435 e. The van der Waals surface area contributed by atoms with Gasteiger partial charge in [0.15, 0.2) is 5.69 Å². The lowest BCUT2D eigenvalue weighted by Crippen LogP contribution is -2.25. The van der Waals surface area contributed by atoms with Crippen molar-refractivity contribution in [3.05, 3.63) is 41.7 Å². The van der Waals surface area contributed by atoms with Gasteiger partial charge in [-0.1, -0.05) is 13.0 Å². The average Bonchev–Trinajstić information content (AvgIpc) is 2.80. The minimum atomic E-state index is -4.51. The maximum atomic E-state index is 12.6. The van der Waals surface area contributed by atoms with E-state index in [9.17, 15) is 23.1 Å². The molecule has 8 heteroatoms. The molecule has 1 amide bonds. The first-order valence-electron chi connectivity index (χ1n) is 6.88. The van der Waals surface area contributed by atoms with Crippen molar-refractivity contribution in [3.63, 3.8) is 0 Å². The number of anilines is 1. The van der Waals surface area contributed by atoms with Gasteiger partial charge in [-0.25, -0.2) is 0 Å². The summed E-state index contributed by atoms with van der Waals surface area (Å²) in [7, 11) is 0. The molecule has 1 aromatic heterocycles. The van der Waals surface area contributed by atoms with Crippen LogP contribution in [-0.4, -0.2) is 20.8 Å². The lowest BCUT2D eigenvalue weighted by atomic mass is 10.1. The van der Waals surface area contributed by atoms with Crippen LogP contribution in [0.5, 0.6) is 5.75 Å². The molecular weight excluding hydrogens is 311 g/mol. The average molecular weight is 327 g/mol. The molecule has 124 valence electrons. The maximum Gasteiger partial charge on any atom is 0.435 e. The number of benzene rings is 1. The molecule has 1 atom stereocenters. The van der Waals surface area contributed by atoms with E-state index in [-0.39, 0.29) is 18.2 Å². The fraction of sp³-hybridized carbons (Fsp3) is 0.333. The normalized spacial score (nSPS) is 12.9. The first kappa shape index (κ1) is 16.9. The molecule has 0 aliphatic heterocycles. The number of amides is 1. The molecule has 0 aliphatic carbocycles. The standard InChI is InChI=1S/C15H16F3N3O2/c1-9(14(23)19-11-4-3-5-12(22)7-11)8-21-10(2)6-13(20-21)15(16,17)18/h3-7,9,22H,8H2,1-2H3,(H,19,23). The van der Waals surface area contributed by atoms with Crippen molar-refractivity contribution < 1.29 is 23.1 Å². The monoisotopic (exact) mass is 327 g/mol. The molecule has 0 radical (unpaired) electrons. The molecule has 2 rings (SSSR count). The zero-order chi connectivity index (χ0) is 17.2. The number of aryl methyl sites for hydroxylation is 1. The largest absolute Gasteiger partial charge is 0.508 e. The van der Waals surface area contributed by atoms with Gasteiger partial charge in [0.2, 0.25) is 5.91 Å². The Bertz CT molecular complexity index is 710. The SMILES string of the molecule is Cc1cc(C(F)(F)F)nn1CC(C)C(=O)Nc1cccc(O)c1. The second-order valence-electron chi connectivity index (χ2n) is 5.29. The summed E-state index contributed by atoms with van der Waals surface area (Å²) < 4.78 is 39.0. The number of alkyl halides is 3. The van der Waals surface area contributed by atoms with Crippen LogP contribution in [0.2, 0.25) is 0 Å². The molecule has 1 heterocycles. The zero-order valence-corrected chi connectivity index (χ0v) is 12.6. The summed E-state index contributed by atoms with van der Waals surface area (Å²) in [4.78, 5) is 12.1. The van der Waals surface area contributed by atoms with E-state index in [1.54, 1.807) is 19.1 Å². The summed E-state index contributed by atoms with van der Waals surface area (Å²) in [6.07, 6.45) is -4.51. The van der Waals surface area contributed by atoms with E-state index < -0.39 is 17.8 Å². The van der Waals surface area contributed by atoms with E-state index in [0.717, 1.165) is 10.7 Å². The molecule has 0 saturated carbocycles. The summed E-state index contributed by atoms with van der Waals surface area (Å²) in [6, 6.07) is 6.96. The highest BCUT2D eigenvalue weighted by Crippen LogP contribution is 2.28. The summed E-state index contributed by atoms with van der Waals surface area (Å²) in [5.41, 5.74) is -0.236. The van der Waals surface area contributed by atoms with E-state index >= 15 is 0 Å². The van der Waals surface area contributed by atoms with Crippen molar-refractivity contribution >= 4 is 11.6 Å². The van der Waals surface area contributed by atoms with Crippen molar-refractivity contribution in [2.24, 2.45) is 5.92 Å². The number of hydrogen-bond acceptors (Lipinski definition) is 3. The molecule has 1 unspecified atom stereocenters. The number of aromatic hydroxyl groups is 1. The molecule has 0 bridgehead atoms. The third-order valence-corrected chi connectivity index (χ3v) is 3.28. The fourth-order valence-corrected chi connectivity index (χ4v) is 2.02. The highest BCUT2D eigenvalue weighted by Gasteiger charge is 2.34. The number of carbonyl (C=O) groups excluding carboxylic acids is 1. The molecular formula is C15H16F3N3O2. The summed E-state index contributed by atoms with van der Waals surface area (Å²) in [6.45, 7) is 3.11. The van der Waals surface area contributed by atoms with Gasteiger partial charge in [-0.15, -0.1) is 0 Å². The predicted octanol–water partition coefficient (Wildman–Crippen LogP) is 3.19. The Labute approximate surface area is 130 Å². The van der Waals surface area contributed by atoms with Gasteiger partial charge < -0.3 is 10.4 Å². The van der Waals surface area contributed by atoms with Crippen molar-refractivity contribution in [2.75, 3.05) is 5.32 Å². The van der Waals surface area contributed by atoms with E-state index in [4.69, 9.17) is 0 Å². The summed E-state index contributed by atoms with van der Waals surface area (Å²) in [5.74, 6) is -0.968. The van der Waals surface area contributed by atoms with Crippen LogP contribution in [0.25, 0.3) is 0 Å². The van der Waals surface area contributed by atoms with Gasteiger partial charge in [-0.3, -0.25) is 9.48 Å². The van der Waals surface area contributed by atoms with Crippen molar-refractivity contribution in [3.8, 4) is 5.75 Å². The summed E-state index contributed by atoms with van der Waals surface area (Å²) >= 11 is 0. The second kappa shape index (κ2) is 6.31. The predicted molar refractivity (Wildman–Crippen MR) is 77.9 cm³/mol. The van der Waals surface area contributed by atoms with Gasteiger partial charge >= 0.3 is 6.18 Å². The molecule has 0 spiro atoms. The van der Waals surface area contributed by atoms with Gasteiger partial charge in [0, 0.05) is 17.4 Å². The number of halogens is 3. The molecule has 1 aromatic carbocycles. The van der Waals surface area contributed by atoms with Crippen LogP contribution in [0, 0.1) is 12.8 Å². The maximum absolute atomic E-state index is 12.6. The minimum absolute atomic E-state index is 0.00759. The number of hydrogen-bond donors (Lipinski definition) is 2. The molecule has 2 aromatic rings. The first-order chi connectivity index (χ1) is 10.7. The van der Waals surface area contributed by atoms with E-state index in [1.165, 1.54) is 19.1 Å². The van der Waals surface area contributed by atoms with Gasteiger partial charge in [0.25, 0.3) is 0 Å². The lowest BCUT2D eigenvalue weighted by molar-refractivity contribution is -0.141. The molecule has 5 nitrogen and oxygen atoms in total. The number of rotatable bonds is 4. The van der Waals surface area contributed by atoms with E-state index in [0.29, 0.717) is 11.4 Å². The van der Waals surface area contributed by atoms with Crippen molar-refractivity contribution in [1.82, 2.24) is 9.78 Å². The van der Waals surface area contributed by atoms with Crippen LogP contribution in [-0.2, 0) is 17.5 Å². The van der Waals surface area contributed by atoms with Crippen LogP contribution >= 0.6 is 0 Å². The molecule has 2 N–H and O–H groups in total. The second-order valence-corrected chi connectivity index (χ2v) is 5.29. The number of phenolic OH excluding ortho intramolecular Hbond substituents is 1. The van der Waals surface area contributed by atoms with Crippen molar-refractivity contribution in [1.29, 1.82) is 0 Å². The van der Waals surface area contributed by atoms with E-state index in [1.807, 2.05) is 0 Å². The van der Waals surface area contributed by atoms with Gasteiger partial charge in [0.05, 0.1) is 12.5 Å². The zero-order valence-electron chi connectivity index (χ0n) is 12.6. The van der Waals surface area contributed by atoms with Crippen LogP contribution in [0.4, 0.5) is 18.9 Å². The Morgan fingerprint density at radius 2 is 2.09 bits per heavy atom. The Hall–Kier alpha value is -2.51. The lowest BCUT2D eigenvalue weighted by Gasteiger charge is -2.13. The molecule has 0 fully saturated rings. The number of nitrogens with zero attached hydrogens (tertiary/aromatic N) is 2. The Morgan fingerprint density at radius 3 is 2.65 bits per heavy atom. The van der Waals surface area contributed by atoms with Gasteiger partial charge in [-0.2, -0.15) is 18.3 Å². The molecule has 23 heavy (non-hydrogen) atoms. The summed E-state index contributed by atoms with van der Waals surface area (Å²) in [5, 5.41) is 15.4. The number of aromatic nitrogens is 2. The Morgan fingerprint density at radius 1 is 1.39 bits per heavy atom. The Kier molecular flexibility index (Phi) is 4.63. The van der Waals surface area contributed by atoms with E-state index in [2.05, 4.69) is 10.4 Å². The molecule has 0 saturated heterocycles. The quantitative estimate of drug-likeness (QED) is 0.906. The third kappa shape index (κ3) is 4.24. The first-order valence-corrected chi connectivity index (χ1v) is 6.88. The minimum Gasteiger partial charge on any atom is -0.508 e. The van der Waals surface area contributed by atoms with Crippen LogP contribution in [0.3, 0.4) is 0 Å². The highest BCUT2D eigenvalue weighted by atomic mass is 19.4.